The zero-order valence-corrected chi connectivity index (χ0v) is 19.3. The number of hydrogen-bond acceptors (Lipinski definition) is 5. The first kappa shape index (κ1) is 22.9. The van der Waals surface area contributed by atoms with Crippen LogP contribution in [0.2, 0.25) is 5.02 Å². The molecule has 6 nitrogen and oxygen atoms in total. The van der Waals surface area contributed by atoms with Crippen molar-refractivity contribution in [2.45, 2.75) is 25.2 Å². The molecule has 1 atom stereocenters. The Bertz CT molecular complexity index is 1330. The molecular formula is C23H19ClF3N5OS. The molecule has 2 aliphatic rings. The third-order valence-corrected chi connectivity index (χ3v) is 6.81. The number of nitrogens with one attached hydrogen (secondary N) is 2. The molecule has 11 heteroatoms. The largest absolute Gasteiger partial charge is 0.416 e. The Morgan fingerprint density at radius 2 is 2.12 bits per heavy atom. The molecule has 2 N–H and O–H groups in total. The minimum Gasteiger partial charge on any atom is -0.315 e. The summed E-state index contributed by atoms with van der Waals surface area (Å²) >= 11 is 7.08. The second kappa shape index (κ2) is 9.09. The fourth-order valence-electron chi connectivity index (χ4n) is 3.99. The number of nitrogens with zero attached hydrogens (tertiary/aromatic N) is 3. The third kappa shape index (κ3) is 4.84. The second-order valence-electron chi connectivity index (χ2n) is 8.07. The van der Waals surface area contributed by atoms with Crippen molar-refractivity contribution in [1.29, 1.82) is 0 Å². The van der Waals surface area contributed by atoms with Gasteiger partial charge in [-0.15, -0.1) is 0 Å². The molecule has 2 saturated heterocycles. The maximum Gasteiger partial charge on any atom is 0.416 e. The molecule has 1 aromatic heterocycles. The fourth-order valence-corrected chi connectivity index (χ4v) is 5.05. The van der Waals surface area contributed by atoms with Crippen molar-refractivity contribution in [3.8, 4) is 0 Å². The van der Waals surface area contributed by atoms with E-state index in [9.17, 15) is 18.0 Å². The first-order chi connectivity index (χ1) is 16.3. The molecule has 0 aliphatic carbocycles. The normalized spacial score (nSPS) is 21.2. The van der Waals surface area contributed by atoms with Gasteiger partial charge in [-0.2, -0.15) is 18.3 Å². The van der Waals surface area contributed by atoms with Crippen molar-refractivity contribution in [2.24, 2.45) is 4.99 Å². The number of rotatable bonds is 4. The number of aromatic nitrogens is 2. The van der Waals surface area contributed by atoms with Gasteiger partial charge in [0.05, 0.1) is 34.8 Å². The Hall–Kier alpha value is -2.82. The molecule has 0 unspecified atom stereocenters. The molecule has 2 aromatic carbocycles. The van der Waals surface area contributed by atoms with Gasteiger partial charge in [-0.1, -0.05) is 23.7 Å². The Balaban J connectivity index is 1.38. The minimum absolute atomic E-state index is 0.0287. The number of hydrogen-bond donors (Lipinski definition) is 2. The van der Waals surface area contributed by atoms with Gasteiger partial charge in [0.2, 0.25) is 0 Å². The summed E-state index contributed by atoms with van der Waals surface area (Å²) in [5, 5.41) is 11.7. The van der Waals surface area contributed by atoms with E-state index >= 15 is 0 Å². The molecule has 2 aliphatic heterocycles. The smallest absolute Gasteiger partial charge is 0.315 e. The van der Waals surface area contributed by atoms with Crippen LogP contribution in [0.3, 0.4) is 0 Å². The van der Waals surface area contributed by atoms with Gasteiger partial charge >= 0.3 is 6.18 Å². The predicted molar refractivity (Wildman–Crippen MR) is 128 cm³/mol. The van der Waals surface area contributed by atoms with Gasteiger partial charge in [0, 0.05) is 17.0 Å². The molecule has 2 fully saturated rings. The van der Waals surface area contributed by atoms with Crippen molar-refractivity contribution in [3.63, 3.8) is 0 Å². The lowest BCUT2D eigenvalue weighted by atomic mass is 10.1. The monoisotopic (exact) mass is 505 g/mol. The van der Waals surface area contributed by atoms with Gasteiger partial charge in [0.1, 0.15) is 0 Å². The van der Waals surface area contributed by atoms with Crippen LogP contribution in [0.15, 0.2) is 52.5 Å². The van der Waals surface area contributed by atoms with Crippen LogP contribution in [0.1, 0.15) is 23.1 Å². The maximum absolute atomic E-state index is 13.4. The van der Waals surface area contributed by atoms with Gasteiger partial charge in [-0.05, 0) is 66.2 Å². The summed E-state index contributed by atoms with van der Waals surface area (Å²) in [6.45, 7) is 1.68. The van der Waals surface area contributed by atoms with Crippen LogP contribution in [-0.2, 0) is 17.5 Å². The highest BCUT2D eigenvalue weighted by atomic mass is 35.5. The summed E-state index contributed by atoms with van der Waals surface area (Å²) in [4.78, 5) is 17.5. The molecule has 5 rings (SSSR count). The minimum atomic E-state index is -4.52. The van der Waals surface area contributed by atoms with Crippen molar-refractivity contribution in [3.05, 3.63) is 69.2 Å². The average molecular weight is 506 g/mol. The predicted octanol–water partition coefficient (Wildman–Crippen LogP) is 4.68. The van der Waals surface area contributed by atoms with Crippen LogP contribution in [0.25, 0.3) is 17.0 Å². The van der Waals surface area contributed by atoms with Gasteiger partial charge in [0.25, 0.3) is 5.91 Å². The topological polar surface area (TPSA) is 71.3 Å². The van der Waals surface area contributed by atoms with Gasteiger partial charge < -0.3 is 10.6 Å². The van der Waals surface area contributed by atoms with E-state index in [4.69, 9.17) is 11.6 Å². The zero-order chi connectivity index (χ0) is 23.9. The van der Waals surface area contributed by atoms with Crippen LogP contribution < -0.4 is 10.6 Å². The second-order valence-corrected chi connectivity index (χ2v) is 9.53. The summed E-state index contributed by atoms with van der Waals surface area (Å²) in [7, 11) is 0. The first-order valence-corrected chi connectivity index (χ1v) is 11.8. The lowest BCUT2D eigenvalue weighted by Gasteiger charge is -2.14. The fraction of sp³-hybridized carbons (Fsp3) is 0.261. The number of thioether (sulfide) groups is 1. The quantitative estimate of drug-likeness (QED) is 0.505. The summed E-state index contributed by atoms with van der Waals surface area (Å²) < 4.78 is 41.9. The van der Waals surface area contributed by atoms with E-state index in [0.717, 1.165) is 36.5 Å². The highest BCUT2D eigenvalue weighted by molar-refractivity contribution is 8.18. The van der Waals surface area contributed by atoms with Crippen molar-refractivity contribution in [2.75, 3.05) is 13.1 Å². The van der Waals surface area contributed by atoms with E-state index < -0.39 is 11.7 Å². The molecule has 3 aromatic rings. The highest BCUT2D eigenvalue weighted by Gasteiger charge is 2.33. The van der Waals surface area contributed by atoms with E-state index in [1.165, 1.54) is 28.6 Å². The molecule has 0 spiro atoms. The van der Waals surface area contributed by atoms with Crippen LogP contribution >= 0.6 is 23.4 Å². The average Bonchev–Trinajstić information content (AvgIpc) is 3.51. The molecule has 34 heavy (non-hydrogen) atoms. The molecule has 0 bridgehead atoms. The number of amides is 1. The first-order valence-electron chi connectivity index (χ1n) is 10.6. The number of alkyl halides is 3. The number of aliphatic imine (C=N–C) groups is 1. The Kier molecular flexibility index (Phi) is 6.13. The maximum atomic E-state index is 13.4. The van der Waals surface area contributed by atoms with E-state index in [1.54, 1.807) is 18.3 Å². The zero-order valence-electron chi connectivity index (χ0n) is 17.7. The van der Waals surface area contributed by atoms with E-state index in [2.05, 4.69) is 20.7 Å². The Morgan fingerprint density at radius 3 is 2.88 bits per heavy atom. The SMILES string of the molecule is O=C1NC(=N[C@H]2CCNC2)SC1=Cc1ccc2c(cnn2Cc2ccc(Cl)cc2C(F)(F)F)c1. The molecule has 176 valence electrons. The van der Waals surface area contributed by atoms with E-state index in [-0.39, 0.29) is 29.1 Å². The number of carbonyl (C=O) groups is 1. The number of fused-ring (bicyclic) bond motifs is 1. The van der Waals surface area contributed by atoms with E-state index in [0.29, 0.717) is 15.6 Å². The molecular weight excluding hydrogens is 487 g/mol. The summed E-state index contributed by atoms with van der Waals surface area (Å²) in [6, 6.07) is 9.35. The van der Waals surface area contributed by atoms with Crippen molar-refractivity contribution < 1.29 is 18.0 Å². The van der Waals surface area contributed by atoms with Gasteiger partial charge in [-0.3, -0.25) is 14.5 Å². The molecule has 1 amide bonds. The number of benzene rings is 2. The summed E-state index contributed by atoms with van der Waals surface area (Å²) in [6.07, 6.45) is -0.200. The van der Waals surface area contributed by atoms with Crippen molar-refractivity contribution >= 4 is 51.4 Å². The highest BCUT2D eigenvalue weighted by Crippen LogP contribution is 2.34. The van der Waals surface area contributed by atoms with Gasteiger partial charge in [-0.25, -0.2) is 0 Å². The third-order valence-electron chi connectivity index (χ3n) is 5.65. The van der Waals surface area contributed by atoms with Crippen LogP contribution in [0.4, 0.5) is 13.2 Å². The Labute approximate surface area is 202 Å². The number of amidine groups is 1. The number of halogens is 4. The Morgan fingerprint density at radius 1 is 1.26 bits per heavy atom. The number of carbonyl (C=O) groups excluding carboxylic acids is 1. The van der Waals surface area contributed by atoms with Crippen LogP contribution in [0, 0.1) is 0 Å². The van der Waals surface area contributed by atoms with Crippen LogP contribution in [-0.4, -0.2) is 40.0 Å². The van der Waals surface area contributed by atoms with Gasteiger partial charge in [0.15, 0.2) is 5.17 Å². The van der Waals surface area contributed by atoms with Crippen LogP contribution in [0.5, 0.6) is 0 Å². The lowest BCUT2D eigenvalue weighted by Crippen LogP contribution is -2.22. The van der Waals surface area contributed by atoms with E-state index in [1.807, 2.05) is 12.1 Å². The molecule has 0 radical (unpaired) electrons. The molecule has 0 saturated carbocycles. The standard InChI is InChI=1S/C23H19ClF3N5OS/c24-16-3-2-14(18(9-16)23(25,26)27)12-32-19-4-1-13(7-15(19)10-29-32)8-20-21(33)31-22(34-20)30-17-5-6-28-11-17/h1-4,7-10,17,28H,5-6,11-12H2,(H,30,31,33)/t17-/m0/s1. The summed E-state index contributed by atoms with van der Waals surface area (Å²) in [5.74, 6) is -0.201. The molecule has 3 heterocycles. The summed E-state index contributed by atoms with van der Waals surface area (Å²) in [5.41, 5.74) is 0.775. The lowest BCUT2D eigenvalue weighted by molar-refractivity contribution is -0.138. The van der Waals surface area contributed by atoms with Crippen molar-refractivity contribution in [1.82, 2.24) is 20.4 Å².